The van der Waals surface area contributed by atoms with Crippen molar-refractivity contribution in [2.75, 3.05) is 20.8 Å². The van der Waals surface area contributed by atoms with Gasteiger partial charge in [-0.05, 0) is 50.1 Å². The van der Waals surface area contributed by atoms with Crippen LogP contribution in [0, 0.1) is 11.8 Å². The van der Waals surface area contributed by atoms with E-state index in [0.717, 1.165) is 23.6 Å². The molecule has 0 spiro atoms. The summed E-state index contributed by atoms with van der Waals surface area (Å²) in [6.07, 6.45) is 6.48. The lowest BCUT2D eigenvalue weighted by atomic mass is 9.92. The number of nitrogens with zero attached hydrogens (tertiary/aromatic N) is 1. The smallest absolute Gasteiger partial charge is 0.123 e. The number of hydrogen-bond donors (Lipinski definition) is 0. The highest BCUT2D eigenvalue weighted by Gasteiger charge is 2.27. The van der Waals surface area contributed by atoms with Crippen molar-refractivity contribution in [3.8, 4) is 23.3 Å². The molecule has 0 heterocycles. The van der Waals surface area contributed by atoms with Gasteiger partial charge in [0.1, 0.15) is 11.5 Å². The lowest BCUT2D eigenvalue weighted by Gasteiger charge is -2.38. The van der Waals surface area contributed by atoms with E-state index in [1.54, 1.807) is 14.2 Å². The Kier molecular flexibility index (Phi) is 7.39. The van der Waals surface area contributed by atoms with Gasteiger partial charge in [-0.1, -0.05) is 49.3 Å². The van der Waals surface area contributed by atoms with E-state index in [9.17, 15) is 0 Å². The third-order valence-electron chi connectivity index (χ3n) is 5.71. The summed E-state index contributed by atoms with van der Waals surface area (Å²) >= 11 is 0. The molecule has 1 saturated carbocycles. The largest absolute Gasteiger partial charge is 0.497 e. The zero-order valence-corrected chi connectivity index (χ0v) is 17.3. The molecule has 3 nitrogen and oxygen atoms in total. The van der Waals surface area contributed by atoms with E-state index in [4.69, 9.17) is 9.47 Å². The van der Waals surface area contributed by atoms with E-state index in [1.807, 2.05) is 36.4 Å². The Hall–Kier alpha value is -2.44. The van der Waals surface area contributed by atoms with Crippen molar-refractivity contribution in [3.05, 3.63) is 59.7 Å². The number of hydrogen-bond acceptors (Lipinski definition) is 3. The van der Waals surface area contributed by atoms with Crippen LogP contribution < -0.4 is 9.47 Å². The molecule has 0 bridgehead atoms. The van der Waals surface area contributed by atoms with Crippen molar-refractivity contribution in [1.29, 1.82) is 0 Å². The minimum atomic E-state index is 0.268. The van der Waals surface area contributed by atoms with Gasteiger partial charge < -0.3 is 9.47 Å². The van der Waals surface area contributed by atoms with E-state index in [1.165, 1.54) is 37.7 Å². The second-order valence-electron chi connectivity index (χ2n) is 7.41. The van der Waals surface area contributed by atoms with E-state index in [0.29, 0.717) is 6.04 Å². The highest BCUT2D eigenvalue weighted by molar-refractivity contribution is 5.39. The van der Waals surface area contributed by atoms with Gasteiger partial charge in [0, 0.05) is 23.2 Å². The second-order valence-corrected chi connectivity index (χ2v) is 7.41. The maximum Gasteiger partial charge on any atom is 0.123 e. The molecule has 3 heteroatoms. The molecule has 2 aromatic carbocycles. The topological polar surface area (TPSA) is 21.7 Å². The van der Waals surface area contributed by atoms with E-state index in [-0.39, 0.29) is 6.04 Å². The van der Waals surface area contributed by atoms with Crippen LogP contribution in [-0.2, 0) is 0 Å². The molecule has 0 radical (unpaired) electrons. The first-order valence-electron chi connectivity index (χ1n) is 10.2. The molecular formula is C25H31NO2. The quantitative estimate of drug-likeness (QED) is 0.625. The molecule has 1 aliphatic rings. The lowest BCUT2D eigenvalue weighted by Crippen LogP contribution is -2.39. The molecule has 2 aromatic rings. The first-order chi connectivity index (χ1) is 13.7. The van der Waals surface area contributed by atoms with Crippen molar-refractivity contribution < 1.29 is 9.47 Å². The second kappa shape index (κ2) is 10.2. The average molecular weight is 378 g/mol. The number of ether oxygens (including phenoxy) is 2. The van der Waals surface area contributed by atoms with E-state index < -0.39 is 0 Å². The number of methoxy groups -OCH3 is 2. The summed E-state index contributed by atoms with van der Waals surface area (Å²) in [7, 11) is 3.43. The number of para-hydroxylation sites is 1. The maximum absolute atomic E-state index is 5.63. The lowest BCUT2D eigenvalue weighted by molar-refractivity contribution is 0.128. The average Bonchev–Trinajstić information content (AvgIpc) is 2.77. The van der Waals surface area contributed by atoms with Gasteiger partial charge in [-0.3, -0.25) is 4.90 Å². The fourth-order valence-electron chi connectivity index (χ4n) is 4.09. The normalized spacial score (nSPS) is 15.6. The van der Waals surface area contributed by atoms with Crippen LogP contribution in [0.3, 0.4) is 0 Å². The molecule has 0 amide bonds. The van der Waals surface area contributed by atoms with Gasteiger partial charge in [0.25, 0.3) is 0 Å². The summed E-state index contributed by atoms with van der Waals surface area (Å²) in [6, 6.07) is 17.1. The molecule has 1 unspecified atom stereocenters. The Morgan fingerprint density at radius 1 is 0.964 bits per heavy atom. The fraction of sp³-hybridized carbons (Fsp3) is 0.440. The third-order valence-corrected chi connectivity index (χ3v) is 5.71. The van der Waals surface area contributed by atoms with Crippen LogP contribution in [0.4, 0.5) is 0 Å². The molecule has 0 aliphatic heterocycles. The predicted octanol–water partition coefficient (Wildman–Crippen LogP) is 5.45. The Bertz CT molecular complexity index is 797. The SMILES string of the molecule is COc1ccc(C#CCN(C2CCCCC2)C(C)c2ccccc2OC)cc1. The van der Waals surface area contributed by atoms with Crippen molar-refractivity contribution in [2.24, 2.45) is 0 Å². The standard InChI is InChI=1S/C25H31NO2/c1-20(24-13-7-8-14-25(24)28-3)26(22-11-5-4-6-12-22)19-9-10-21-15-17-23(27-2)18-16-21/h7-8,13-18,20,22H,4-6,11-12,19H2,1-3H3. The Labute approximate surface area is 169 Å². The van der Waals surface area contributed by atoms with Crippen LogP contribution in [0.1, 0.15) is 56.2 Å². The molecule has 0 N–H and O–H groups in total. The number of rotatable bonds is 6. The Morgan fingerprint density at radius 2 is 1.68 bits per heavy atom. The molecule has 1 atom stereocenters. The van der Waals surface area contributed by atoms with Crippen molar-refractivity contribution in [1.82, 2.24) is 4.90 Å². The molecule has 3 rings (SSSR count). The minimum absolute atomic E-state index is 0.268. The summed E-state index contributed by atoms with van der Waals surface area (Å²) in [5, 5.41) is 0. The Morgan fingerprint density at radius 3 is 2.36 bits per heavy atom. The summed E-state index contributed by atoms with van der Waals surface area (Å²) in [5.41, 5.74) is 2.26. The van der Waals surface area contributed by atoms with Crippen molar-refractivity contribution in [3.63, 3.8) is 0 Å². The molecule has 148 valence electrons. The summed E-state index contributed by atoms with van der Waals surface area (Å²) in [5.74, 6) is 8.56. The van der Waals surface area contributed by atoms with Gasteiger partial charge in [-0.2, -0.15) is 0 Å². The van der Waals surface area contributed by atoms with Gasteiger partial charge in [0.2, 0.25) is 0 Å². The molecule has 1 fully saturated rings. The monoisotopic (exact) mass is 377 g/mol. The van der Waals surface area contributed by atoms with Crippen LogP contribution >= 0.6 is 0 Å². The summed E-state index contributed by atoms with van der Waals surface area (Å²) in [6.45, 7) is 3.04. The van der Waals surface area contributed by atoms with Crippen molar-refractivity contribution in [2.45, 2.75) is 51.1 Å². The highest BCUT2D eigenvalue weighted by Crippen LogP contribution is 2.33. The van der Waals surface area contributed by atoms with E-state index >= 15 is 0 Å². The Balaban J connectivity index is 1.79. The maximum atomic E-state index is 5.63. The summed E-state index contributed by atoms with van der Waals surface area (Å²) < 4.78 is 10.9. The fourth-order valence-corrected chi connectivity index (χ4v) is 4.09. The zero-order chi connectivity index (χ0) is 19.8. The van der Waals surface area contributed by atoms with Crippen molar-refractivity contribution >= 4 is 0 Å². The highest BCUT2D eigenvalue weighted by atomic mass is 16.5. The van der Waals surface area contributed by atoms with Crippen LogP contribution in [0.2, 0.25) is 0 Å². The first kappa shape index (κ1) is 20.3. The molecule has 0 saturated heterocycles. The van der Waals surface area contributed by atoms with Gasteiger partial charge in [0.15, 0.2) is 0 Å². The van der Waals surface area contributed by atoms with Gasteiger partial charge in [0.05, 0.1) is 20.8 Å². The third kappa shape index (κ3) is 5.09. The van der Waals surface area contributed by atoms with Crippen LogP contribution in [0.15, 0.2) is 48.5 Å². The van der Waals surface area contributed by atoms with Gasteiger partial charge in [-0.15, -0.1) is 0 Å². The number of benzene rings is 2. The molecular weight excluding hydrogens is 346 g/mol. The molecule has 28 heavy (non-hydrogen) atoms. The first-order valence-corrected chi connectivity index (χ1v) is 10.2. The van der Waals surface area contributed by atoms with Gasteiger partial charge >= 0.3 is 0 Å². The van der Waals surface area contributed by atoms with E-state index in [2.05, 4.69) is 35.8 Å². The molecule has 0 aromatic heterocycles. The van der Waals surface area contributed by atoms with Crippen LogP contribution in [-0.4, -0.2) is 31.7 Å². The summed E-state index contributed by atoms with van der Waals surface area (Å²) in [4.78, 5) is 2.56. The predicted molar refractivity (Wildman–Crippen MR) is 115 cm³/mol. The molecule has 1 aliphatic carbocycles. The zero-order valence-electron chi connectivity index (χ0n) is 17.3. The van der Waals surface area contributed by atoms with Crippen LogP contribution in [0.5, 0.6) is 11.5 Å². The van der Waals surface area contributed by atoms with Gasteiger partial charge in [-0.25, -0.2) is 0 Å². The minimum Gasteiger partial charge on any atom is -0.497 e. The van der Waals surface area contributed by atoms with Crippen LogP contribution in [0.25, 0.3) is 0 Å².